The van der Waals surface area contributed by atoms with Crippen LogP contribution in [0.2, 0.25) is 0 Å². The van der Waals surface area contributed by atoms with Crippen molar-refractivity contribution in [3.8, 4) is 5.75 Å². The summed E-state index contributed by atoms with van der Waals surface area (Å²) < 4.78 is 10.6. The number of Topliss-reactive ketones (excluding diaryl/α,β-unsaturated/α-hetero) is 1. The second-order valence-electron chi connectivity index (χ2n) is 4.97. The summed E-state index contributed by atoms with van der Waals surface area (Å²) in [7, 11) is 0. The van der Waals surface area contributed by atoms with Gasteiger partial charge in [-0.05, 0) is 43.2 Å². The van der Waals surface area contributed by atoms with Crippen LogP contribution in [-0.2, 0) is 16.1 Å². The Labute approximate surface area is 129 Å². The molecular weight excluding hydrogens is 280 g/mol. The molecule has 0 aromatic heterocycles. The normalized spacial score (nSPS) is 10.1. The van der Waals surface area contributed by atoms with Crippen LogP contribution in [0.15, 0.2) is 48.5 Å². The van der Waals surface area contributed by atoms with Crippen molar-refractivity contribution in [2.45, 2.75) is 20.5 Å². The Morgan fingerprint density at radius 3 is 2.41 bits per heavy atom. The first-order chi connectivity index (χ1) is 10.6. The van der Waals surface area contributed by atoms with Crippen LogP contribution in [0.1, 0.15) is 28.4 Å². The lowest BCUT2D eigenvalue weighted by Gasteiger charge is -2.10. The molecule has 0 bridgehead atoms. The molecule has 0 aliphatic heterocycles. The Kier molecular flexibility index (Phi) is 5.31. The zero-order valence-electron chi connectivity index (χ0n) is 12.7. The monoisotopic (exact) mass is 298 g/mol. The van der Waals surface area contributed by atoms with Crippen LogP contribution in [0.5, 0.6) is 5.75 Å². The average Bonchev–Trinajstić information content (AvgIpc) is 2.52. The first-order valence-electron chi connectivity index (χ1n) is 7.00. The molecular formula is C18H18O4. The van der Waals surface area contributed by atoms with Crippen LogP contribution in [0, 0.1) is 6.92 Å². The first kappa shape index (κ1) is 15.8. The highest BCUT2D eigenvalue weighted by atomic mass is 16.6. The molecule has 0 spiro atoms. The predicted molar refractivity (Wildman–Crippen MR) is 82.9 cm³/mol. The maximum atomic E-state index is 11.7. The highest BCUT2D eigenvalue weighted by Gasteiger charge is 2.08. The van der Waals surface area contributed by atoms with Crippen molar-refractivity contribution in [3.05, 3.63) is 65.2 Å². The number of rotatable bonds is 6. The molecule has 0 atom stereocenters. The number of ether oxygens (including phenoxy) is 2. The minimum atomic E-state index is -0.432. The van der Waals surface area contributed by atoms with Gasteiger partial charge in [0, 0.05) is 5.56 Å². The van der Waals surface area contributed by atoms with Crippen LogP contribution < -0.4 is 4.74 Å². The van der Waals surface area contributed by atoms with Crippen molar-refractivity contribution in [3.63, 3.8) is 0 Å². The summed E-state index contributed by atoms with van der Waals surface area (Å²) in [5.74, 6) is 0.137. The van der Waals surface area contributed by atoms with Gasteiger partial charge in [-0.25, -0.2) is 4.79 Å². The molecule has 114 valence electrons. The molecule has 2 rings (SSSR count). The summed E-state index contributed by atoms with van der Waals surface area (Å²) in [6.45, 7) is 3.41. The Morgan fingerprint density at radius 2 is 1.77 bits per heavy atom. The molecule has 0 aliphatic rings. The molecule has 0 amide bonds. The van der Waals surface area contributed by atoms with E-state index < -0.39 is 5.97 Å². The Bertz CT molecular complexity index is 662. The van der Waals surface area contributed by atoms with Crippen LogP contribution in [0.3, 0.4) is 0 Å². The number of carbonyl (C=O) groups excluding carboxylic acids is 2. The van der Waals surface area contributed by atoms with E-state index in [4.69, 9.17) is 9.47 Å². The molecule has 2 aromatic rings. The third kappa shape index (κ3) is 4.45. The number of hydrogen-bond acceptors (Lipinski definition) is 4. The van der Waals surface area contributed by atoms with Crippen molar-refractivity contribution in [2.75, 3.05) is 6.61 Å². The van der Waals surface area contributed by atoms with E-state index in [1.807, 2.05) is 37.3 Å². The fourth-order valence-electron chi connectivity index (χ4n) is 1.95. The van der Waals surface area contributed by atoms with Gasteiger partial charge in [0.25, 0.3) is 0 Å². The van der Waals surface area contributed by atoms with Gasteiger partial charge in [-0.3, -0.25) is 4.79 Å². The Morgan fingerprint density at radius 1 is 1.05 bits per heavy atom. The molecule has 0 radical (unpaired) electrons. The third-order valence-corrected chi connectivity index (χ3v) is 3.17. The van der Waals surface area contributed by atoms with E-state index in [0.29, 0.717) is 11.3 Å². The van der Waals surface area contributed by atoms with E-state index in [-0.39, 0.29) is 19.0 Å². The van der Waals surface area contributed by atoms with E-state index in [2.05, 4.69) is 0 Å². The highest BCUT2D eigenvalue weighted by molar-refractivity contribution is 5.94. The van der Waals surface area contributed by atoms with E-state index in [0.717, 1.165) is 11.1 Å². The standard InChI is InChI=1S/C18H18O4/c1-13-10-16(14(2)19)8-9-17(13)21-12-18(20)22-11-15-6-4-3-5-7-15/h3-10H,11-12H2,1-2H3. The molecule has 0 saturated heterocycles. The van der Waals surface area contributed by atoms with Gasteiger partial charge in [0.05, 0.1) is 0 Å². The second kappa shape index (κ2) is 7.41. The predicted octanol–water partition coefficient (Wildman–Crippen LogP) is 3.32. The summed E-state index contributed by atoms with van der Waals surface area (Å²) in [5, 5.41) is 0. The van der Waals surface area contributed by atoms with Crippen molar-refractivity contribution < 1.29 is 19.1 Å². The Hall–Kier alpha value is -2.62. The molecule has 4 nitrogen and oxygen atoms in total. The summed E-state index contributed by atoms with van der Waals surface area (Å²) in [6.07, 6.45) is 0. The van der Waals surface area contributed by atoms with Gasteiger partial charge in [-0.2, -0.15) is 0 Å². The molecule has 0 unspecified atom stereocenters. The SMILES string of the molecule is CC(=O)c1ccc(OCC(=O)OCc2ccccc2)c(C)c1. The van der Waals surface area contributed by atoms with Crippen molar-refractivity contribution in [2.24, 2.45) is 0 Å². The number of esters is 1. The number of benzene rings is 2. The maximum absolute atomic E-state index is 11.7. The molecule has 22 heavy (non-hydrogen) atoms. The van der Waals surface area contributed by atoms with Crippen LogP contribution in [-0.4, -0.2) is 18.4 Å². The third-order valence-electron chi connectivity index (χ3n) is 3.17. The first-order valence-corrected chi connectivity index (χ1v) is 7.00. The number of aryl methyl sites for hydroxylation is 1. The fraction of sp³-hybridized carbons (Fsp3) is 0.222. The van der Waals surface area contributed by atoms with Gasteiger partial charge >= 0.3 is 5.97 Å². The molecule has 4 heteroatoms. The molecule has 0 heterocycles. The van der Waals surface area contributed by atoms with Gasteiger partial charge in [-0.15, -0.1) is 0 Å². The van der Waals surface area contributed by atoms with Gasteiger partial charge < -0.3 is 9.47 Å². The smallest absolute Gasteiger partial charge is 0.344 e. The molecule has 0 N–H and O–H groups in total. The van der Waals surface area contributed by atoms with Crippen LogP contribution in [0.25, 0.3) is 0 Å². The summed E-state index contributed by atoms with van der Waals surface area (Å²) in [6, 6.07) is 14.6. The molecule has 0 aliphatic carbocycles. The zero-order valence-corrected chi connectivity index (χ0v) is 12.7. The number of hydrogen-bond donors (Lipinski definition) is 0. The average molecular weight is 298 g/mol. The molecule has 2 aromatic carbocycles. The summed E-state index contributed by atoms with van der Waals surface area (Å²) >= 11 is 0. The van der Waals surface area contributed by atoms with Crippen LogP contribution >= 0.6 is 0 Å². The van der Waals surface area contributed by atoms with E-state index in [1.54, 1.807) is 18.2 Å². The van der Waals surface area contributed by atoms with Crippen molar-refractivity contribution >= 4 is 11.8 Å². The van der Waals surface area contributed by atoms with Crippen LogP contribution in [0.4, 0.5) is 0 Å². The van der Waals surface area contributed by atoms with E-state index in [1.165, 1.54) is 6.92 Å². The van der Waals surface area contributed by atoms with Gasteiger partial charge in [-0.1, -0.05) is 30.3 Å². The quantitative estimate of drug-likeness (QED) is 0.606. The second-order valence-corrected chi connectivity index (χ2v) is 4.97. The van der Waals surface area contributed by atoms with Gasteiger partial charge in [0.15, 0.2) is 12.4 Å². The largest absolute Gasteiger partial charge is 0.482 e. The minimum absolute atomic E-state index is 0.00285. The Balaban J connectivity index is 1.85. The van der Waals surface area contributed by atoms with Crippen molar-refractivity contribution in [1.82, 2.24) is 0 Å². The van der Waals surface area contributed by atoms with Crippen molar-refractivity contribution in [1.29, 1.82) is 0 Å². The van der Waals surface area contributed by atoms with E-state index in [9.17, 15) is 9.59 Å². The minimum Gasteiger partial charge on any atom is -0.482 e. The fourth-order valence-corrected chi connectivity index (χ4v) is 1.95. The lowest BCUT2D eigenvalue weighted by atomic mass is 10.1. The topological polar surface area (TPSA) is 52.6 Å². The molecule has 0 fully saturated rings. The lowest BCUT2D eigenvalue weighted by Crippen LogP contribution is -2.15. The molecule has 0 saturated carbocycles. The summed E-state index contributed by atoms with van der Waals surface area (Å²) in [4.78, 5) is 23.0. The maximum Gasteiger partial charge on any atom is 0.344 e. The highest BCUT2D eigenvalue weighted by Crippen LogP contribution is 2.19. The number of ketones is 1. The van der Waals surface area contributed by atoms with Gasteiger partial charge in [0.1, 0.15) is 12.4 Å². The summed E-state index contributed by atoms with van der Waals surface area (Å²) in [5.41, 5.74) is 2.36. The lowest BCUT2D eigenvalue weighted by molar-refractivity contribution is -0.147. The number of carbonyl (C=O) groups is 2. The van der Waals surface area contributed by atoms with E-state index >= 15 is 0 Å². The van der Waals surface area contributed by atoms with Gasteiger partial charge in [0.2, 0.25) is 0 Å². The zero-order chi connectivity index (χ0) is 15.9.